The average molecular weight is 559 g/mol. The van der Waals surface area contributed by atoms with E-state index in [0.717, 1.165) is 26.9 Å². The number of aryl methyl sites for hydroxylation is 2. The number of methoxy groups -OCH3 is 1. The van der Waals surface area contributed by atoms with Crippen molar-refractivity contribution in [1.29, 1.82) is 0 Å². The number of ether oxygens (including phenoxy) is 1. The van der Waals surface area contributed by atoms with Crippen LogP contribution in [0.25, 0.3) is 10.2 Å². The van der Waals surface area contributed by atoms with E-state index in [1.165, 1.54) is 30.6 Å². The molecule has 0 bridgehead atoms. The molecule has 10 heteroatoms. The molecule has 0 saturated heterocycles. The van der Waals surface area contributed by atoms with Gasteiger partial charge in [0, 0.05) is 12.4 Å². The SMILES string of the molecule is COc1ccc(S(=O)(=O)Nc2ccccc2C(=O)N(Cc2cccnc2)c2nc3cc(C)c(C)cc3s2)cc1. The number of carbonyl (C=O) groups is 1. The summed E-state index contributed by atoms with van der Waals surface area (Å²) in [5, 5.41) is 0.511. The van der Waals surface area contributed by atoms with E-state index in [4.69, 9.17) is 9.72 Å². The lowest BCUT2D eigenvalue weighted by Crippen LogP contribution is -2.31. The maximum Gasteiger partial charge on any atom is 0.262 e. The quantitative estimate of drug-likeness (QED) is 0.252. The van der Waals surface area contributed by atoms with Gasteiger partial charge >= 0.3 is 0 Å². The Kier molecular flexibility index (Phi) is 7.32. The summed E-state index contributed by atoms with van der Waals surface area (Å²) < 4.78 is 35.1. The van der Waals surface area contributed by atoms with E-state index < -0.39 is 10.0 Å². The fourth-order valence-electron chi connectivity index (χ4n) is 4.05. The highest BCUT2D eigenvalue weighted by atomic mass is 32.2. The molecule has 0 spiro atoms. The molecule has 3 aromatic carbocycles. The Hall–Kier alpha value is -4.28. The molecular formula is C29H26N4O4S2. The van der Waals surface area contributed by atoms with E-state index in [-0.39, 0.29) is 28.6 Å². The summed E-state index contributed by atoms with van der Waals surface area (Å²) in [7, 11) is -2.46. The average Bonchev–Trinajstić information content (AvgIpc) is 3.34. The zero-order valence-electron chi connectivity index (χ0n) is 21.6. The van der Waals surface area contributed by atoms with Gasteiger partial charge in [-0.3, -0.25) is 19.4 Å². The van der Waals surface area contributed by atoms with E-state index in [2.05, 4.69) is 15.8 Å². The van der Waals surface area contributed by atoms with Crippen LogP contribution in [0.2, 0.25) is 0 Å². The molecule has 0 radical (unpaired) electrons. The van der Waals surface area contributed by atoms with Crippen LogP contribution in [0.4, 0.5) is 10.8 Å². The smallest absolute Gasteiger partial charge is 0.262 e. The minimum absolute atomic E-state index is 0.0506. The zero-order chi connectivity index (χ0) is 27.6. The van der Waals surface area contributed by atoms with Crippen LogP contribution in [-0.2, 0) is 16.6 Å². The second-order valence-corrected chi connectivity index (χ2v) is 11.7. The topological polar surface area (TPSA) is 101 Å². The summed E-state index contributed by atoms with van der Waals surface area (Å²) in [5.74, 6) is 0.149. The van der Waals surface area contributed by atoms with Crippen molar-refractivity contribution in [3.63, 3.8) is 0 Å². The molecule has 0 atom stereocenters. The second kappa shape index (κ2) is 10.8. The van der Waals surface area contributed by atoms with Crippen molar-refractivity contribution in [3.05, 3.63) is 107 Å². The van der Waals surface area contributed by atoms with Gasteiger partial charge in [0.15, 0.2) is 5.13 Å². The van der Waals surface area contributed by atoms with Crippen LogP contribution in [0.3, 0.4) is 0 Å². The standard InChI is InChI=1S/C29H26N4O4S2/c1-19-15-26-27(16-20(19)2)38-29(31-26)33(18-21-7-6-14-30-17-21)28(34)24-8-4-5-9-25(24)32-39(35,36)23-12-10-22(37-3)11-13-23/h4-17,32H,18H2,1-3H3. The van der Waals surface area contributed by atoms with Gasteiger partial charge in [0.25, 0.3) is 15.9 Å². The number of sulfonamides is 1. The molecule has 0 saturated carbocycles. The first-order valence-electron chi connectivity index (χ1n) is 12.1. The highest BCUT2D eigenvalue weighted by Crippen LogP contribution is 2.33. The number of benzene rings is 3. The molecule has 39 heavy (non-hydrogen) atoms. The van der Waals surface area contributed by atoms with Crippen LogP contribution < -0.4 is 14.4 Å². The molecule has 0 fully saturated rings. The van der Waals surface area contributed by atoms with Crippen molar-refractivity contribution in [2.75, 3.05) is 16.7 Å². The normalized spacial score (nSPS) is 11.4. The first kappa shape index (κ1) is 26.3. The third-order valence-corrected chi connectivity index (χ3v) is 8.73. The number of pyridine rings is 1. The van der Waals surface area contributed by atoms with E-state index in [0.29, 0.717) is 10.9 Å². The third kappa shape index (κ3) is 5.62. The van der Waals surface area contributed by atoms with Gasteiger partial charge in [-0.05, 0) is 85.1 Å². The number of nitrogens with one attached hydrogen (secondary N) is 1. The Morgan fingerprint density at radius 3 is 2.46 bits per heavy atom. The van der Waals surface area contributed by atoms with E-state index in [1.807, 2.05) is 26.0 Å². The van der Waals surface area contributed by atoms with Crippen LogP contribution in [-0.4, -0.2) is 31.4 Å². The number of rotatable bonds is 8. The van der Waals surface area contributed by atoms with Gasteiger partial charge in [-0.15, -0.1) is 0 Å². The summed E-state index contributed by atoms with van der Waals surface area (Å²) in [5.41, 5.74) is 4.24. The number of nitrogens with zero attached hydrogens (tertiary/aromatic N) is 3. The zero-order valence-corrected chi connectivity index (χ0v) is 23.2. The van der Waals surface area contributed by atoms with Crippen LogP contribution in [0, 0.1) is 13.8 Å². The Balaban J connectivity index is 1.54. The van der Waals surface area contributed by atoms with Crippen molar-refractivity contribution in [3.8, 4) is 5.75 Å². The highest BCUT2D eigenvalue weighted by molar-refractivity contribution is 7.92. The number of hydrogen-bond donors (Lipinski definition) is 1. The Morgan fingerprint density at radius 1 is 1.00 bits per heavy atom. The minimum Gasteiger partial charge on any atom is -0.497 e. The summed E-state index contributed by atoms with van der Waals surface area (Å²) in [6.07, 6.45) is 3.36. The molecule has 0 aliphatic carbocycles. The second-order valence-electron chi connectivity index (χ2n) is 8.98. The molecule has 5 aromatic rings. The lowest BCUT2D eigenvalue weighted by Gasteiger charge is -2.22. The molecule has 1 N–H and O–H groups in total. The maximum atomic E-state index is 14.1. The maximum absolute atomic E-state index is 14.1. The van der Waals surface area contributed by atoms with Crippen LogP contribution in [0.5, 0.6) is 5.75 Å². The van der Waals surface area contributed by atoms with E-state index in [1.54, 1.807) is 59.8 Å². The van der Waals surface area contributed by atoms with Crippen molar-refractivity contribution < 1.29 is 17.9 Å². The lowest BCUT2D eigenvalue weighted by molar-refractivity contribution is 0.0986. The summed E-state index contributed by atoms with van der Waals surface area (Å²) in [6.45, 7) is 4.28. The van der Waals surface area contributed by atoms with Gasteiger partial charge in [0.05, 0.1) is 40.0 Å². The summed E-state index contributed by atoms with van der Waals surface area (Å²) in [6, 6.07) is 20.3. The van der Waals surface area contributed by atoms with E-state index in [9.17, 15) is 13.2 Å². The monoisotopic (exact) mass is 558 g/mol. The van der Waals surface area contributed by atoms with E-state index >= 15 is 0 Å². The lowest BCUT2D eigenvalue weighted by atomic mass is 10.1. The Morgan fingerprint density at radius 2 is 1.74 bits per heavy atom. The largest absolute Gasteiger partial charge is 0.497 e. The van der Waals surface area contributed by atoms with Crippen LogP contribution in [0.15, 0.2) is 90.1 Å². The van der Waals surface area contributed by atoms with Gasteiger partial charge in [-0.2, -0.15) is 0 Å². The van der Waals surface area contributed by atoms with Gasteiger partial charge in [0.2, 0.25) is 0 Å². The molecule has 5 rings (SSSR count). The number of carbonyl (C=O) groups excluding carboxylic acids is 1. The predicted molar refractivity (Wildman–Crippen MR) is 154 cm³/mol. The first-order chi connectivity index (χ1) is 18.7. The van der Waals surface area contributed by atoms with Crippen LogP contribution in [0.1, 0.15) is 27.0 Å². The minimum atomic E-state index is -3.97. The molecule has 0 aliphatic rings. The molecule has 2 heterocycles. The highest BCUT2D eigenvalue weighted by Gasteiger charge is 2.26. The molecule has 2 aromatic heterocycles. The number of anilines is 2. The van der Waals surface area contributed by atoms with Gasteiger partial charge < -0.3 is 4.74 Å². The number of thiazole rings is 1. The number of para-hydroxylation sites is 1. The molecule has 198 valence electrons. The Labute approximate surface area is 231 Å². The fraction of sp³-hybridized carbons (Fsp3) is 0.138. The van der Waals surface area contributed by atoms with Crippen molar-refractivity contribution in [2.24, 2.45) is 0 Å². The summed E-state index contributed by atoms with van der Waals surface area (Å²) >= 11 is 1.41. The summed E-state index contributed by atoms with van der Waals surface area (Å²) in [4.78, 5) is 24.7. The number of amides is 1. The first-order valence-corrected chi connectivity index (χ1v) is 14.4. The van der Waals surface area contributed by atoms with Gasteiger partial charge in [-0.25, -0.2) is 13.4 Å². The van der Waals surface area contributed by atoms with Crippen LogP contribution >= 0.6 is 11.3 Å². The predicted octanol–water partition coefficient (Wildman–Crippen LogP) is 5.96. The number of aromatic nitrogens is 2. The third-order valence-electron chi connectivity index (χ3n) is 6.30. The van der Waals surface area contributed by atoms with Crippen molar-refractivity contribution in [1.82, 2.24) is 9.97 Å². The Bertz CT molecular complexity index is 1710. The van der Waals surface area contributed by atoms with Crippen molar-refractivity contribution in [2.45, 2.75) is 25.3 Å². The number of hydrogen-bond acceptors (Lipinski definition) is 7. The molecule has 0 unspecified atom stereocenters. The van der Waals surface area contributed by atoms with Crippen molar-refractivity contribution >= 4 is 48.3 Å². The molecule has 0 aliphatic heterocycles. The van der Waals surface area contributed by atoms with Gasteiger partial charge in [0.1, 0.15) is 5.75 Å². The molecule has 8 nitrogen and oxygen atoms in total. The fourth-order valence-corrected chi connectivity index (χ4v) is 6.17. The molecule has 1 amide bonds. The van der Waals surface area contributed by atoms with Gasteiger partial charge in [-0.1, -0.05) is 29.5 Å². The molecular weight excluding hydrogens is 532 g/mol. The number of fused-ring (bicyclic) bond motifs is 1.